The highest BCUT2D eigenvalue weighted by molar-refractivity contribution is 7.99. The van der Waals surface area contributed by atoms with Crippen molar-refractivity contribution in [3.8, 4) is 0 Å². The second kappa shape index (κ2) is 6.53. The average Bonchev–Trinajstić information content (AvgIpc) is 2.74. The molecule has 2 heterocycles. The van der Waals surface area contributed by atoms with Crippen molar-refractivity contribution in [1.82, 2.24) is 19.3 Å². The molecular formula is C12H17N5OS. The van der Waals surface area contributed by atoms with Gasteiger partial charge in [-0.15, -0.1) is 10.2 Å². The molecule has 0 bridgehead atoms. The lowest BCUT2D eigenvalue weighted by atomic mass is 10.5. The maximum Gasteiger partial charge on any atom is 0.250 e. The van der Waals surface area contributed by atoms with Crippen LogP contribution in [0.25, 0.3) is 0 Å². The number of rotatable bonds is 6. The van der Waals surface area contributed by atoms with Crippen molar-refractivity contribution in [2.24, 2.45) is 5.73 Å². The summed E-state index contributed by atoms with van der Waals surface area (Å²) in [4.78, 5) is 11.5. The minimum Gasteiger partial charge on any atom is -0.329 e. The molecule has 7 heteroatoms. The summed E-state index contributed by atoms with van der Waals surface area (Å²) >= 11 is 1.59. The van der Waals surface area contributed by atoms with Gasteiger partial charge in [-0.05, 0) is 13.0 Å². The van der Waals surface area contributed by atoms with Gasteiger partial charge in [-0.2, -0.15) is 0 Å². The van der Waals surface area contributed by atoms with Crippen molar-refractivity contribution in [3.63, 3.8) is 0 Å². The molecule has 2 N–H and O–H groups in total. The van der Waals surface area contributed by atoms with Crippen molar-refractivity contribution in [3.05, 3.63) is 40.6 Å². The van der Waals surface area contributed by atoms with Crippen molar-refractivity contribution in [1.29, 1.82) is 0 Å². The van der Waals surface area contributed by atoms with E-state index in [0.29, 0.717) is 19.6 Å². The lowest BCUT2D eigenvalue weighted by Gasteiger charge is -2.07. The number of aromatic nitrogens is 4. The molecule has 2 rings (SSSR count). The van der Waals surface area contributed by atoms with Gasteiger partial charge in [0.25, 0.3) is 5.56 Å². The van der Waals surface area contributed by atoms with Crippen LogP contribution in [0.5, 0.6) is 0 Å². The maximum absolute atomic E-state index is 11.5. The second-order valence-electron chi connectivity index (χ2n) is 4.05. The number of nitrogens with two attached hydrogens (primary N) is 1. The predicted molar refractivity (Wildman–Crippen MR) is 75.2 cm³/mol. The van der Waals surface area contributed by atoms with E-state index in [9.17, 15) is 4.79 Å². The third-order valence-corrected chi connectivity index (χ3v) is 3.66. The topological polar surface area (TPSA) is 78.7 Å². The third-order valence-electron chi connectivity index (χ3n) is 2.72. The molecule has 0 atom stereocenters. The molecule has 0 saturated carbocycles. The summed E-state index contributed by atoms with van der Waals surface area (Å²) in [6.07, 6.45) is 1.79. The Morgan fingerprint density at radius 1 is 1.32 bits per heavy atom. The molecule has 0 aliphatic carbocycles. The van der Waals surface area contributed by atoms with Gasteiger partial charge < -0.3 is 14.9 Å². The Kier molecular flexibility index (Phi) is 4.75. The highest BCUT2D eigenvalue weighted by atomic mass is 32.2. The van der Waals surface area contributed by atoms with E-state index in [-0.39, 0.29) is 5.56 Å². The summed E-state index contributed by atoms with van der Waals surface area (Å²) in [5.74, 6) is 1.64. The van der Waals surface area contributed by atoms with E-state index in [1.807, 2.05) is 17.6 Å². The SMILES string of the molecule is Cc1nnc(SCCn2ccccc2=O)n1CCN. The van der Waals surface area contributed by atoms with Crippen molar-refractivity contribution in [2.75, 3.05) is 12.3 Å². The van der Waals surface area contributed by atoms with E-state index in [0.717, 1.165) is 16.7 Å². The minimum atomic E-state index is 0.0164. The lowest BCUT2D eigenvalue weighted by molar-refractivity contribution is 0.626. The van der Waals surface area contributed by atoms with Crippen molar-refractivity contribution in [2.45, 2.75) is 25.2 Å². The summed E-state index contributed by atoms with van der Waals surface area (Å²) in [5, 5.41) is 9.02. The maximum atomic E-state index is 11.5. The largest absolute Gasteiger partial charge is 0.329 e. The molecule has 0 amide bonds. The fraction of sp³-hybridized carbons (Fsp3) is 0.417. The summed E-state index contributed by atoms with van der Waals surface area (Å²) in [5.41, 5.74) is 5.58. The molecule has 0 aromatic carbocycles. The number of hydrogen-bond acceptors (Lipinski definition) is 5. The Labute approximate surface area is 115 Å². The zero-order chi connectivity index (χ0) is 13.7. The molecule has 0 radical (unpaired) electrons. The third kappa shape index (κ3) is 3.45. The normalized spacial score (nSPS) is 10.8. The van der Waals surface area contributed by atoms with Gasteiger partial charge in [-0.1, -0.05) is 17.8 Å². The van der Waals surface area contributed by atoms with Crippen LogP contribution in [-0.2, 0) is 13.1 Å². The van der Waals surface area contributed by atoms with Crippen LogP contribution >= 0.6 is 11.8 Å². The van der Waals surface area contributed by atoms with E-state index >= 15 is 0 Å². The van der Waals surface area contributed by atoms with Gasteiger partial charge in [0.15, 0.2) is 5.16 Å². The molecule has 19 heavy (non-hydrogen) atoms. The first-order valence-electron chi connectivity index (χ1n) is 6.10. The summed E-state index contributed by atoms with van der Waals surface area (Å²) in [6.45, 7) is 3.84. The van der Waals surface area contributed by atoms with E-state index in [4.69, 9.17) is 5.73 Å². The zero-order valence-corrected chi connectivity index (χ0v) is 11.6. The highest BCUT2D eigenvalue weighted by Gasteiger charge is 2.08. The number of aryl methyl sites for hydroxylation is 2. The molecule has 0 saturated heterocycles. The van der Waals surface area contributed by atoms with Crippen LogP contribution in [0, 0.1) is 6.92 Å². The zero-order valence-electron chi connectivity index (χ0n) is 10.8. The smallest absolute Gasteiger partial charge is 0.250 e. The fourth-order valence-electron chi connectivity index (χ4n) is 1.74. The van der Waals surface area contributed by atoms with Gasteiger partial charge in [-0.3, -0.25) is 4.79 Å². The molecule has 0 aliphatic rings. The molecule has 102 valence electrons. The minimum absolute atomic E-state index is 0.0164. The molecule has 2 aromatic rings. The van der Waals surface area contributed by atoms with E-state index in [2.05, 4.69) is 10.2 Å². The predicted octanol–water partition coefficient (Wildman–Crippen LogP) is 0.499. The van der Waals surface area contributed by atoms with Crippen LogP contribution in [0.2, 0.25) is 0 Å². The number of nitrogens with zero attached hydrogens (tertiary/aromatic N) is 4. The van der Waals surface area contributed by atoms with Crippen LogP contribution in [0.15, 0.2) is 34.3 Å². The van der Waals surface area contributed by atoms with Gasteiger partial charge >= 0.3 is 0 Å². The van der Waals surface area contributed by atoms with Crippen LogP contribution in [0.4, 0.5) is 0 Å². The molecule has 0 unspecified atom stereocenters. The first kappa shape index (κ1) is 13.8. The van der Waals surface area contributed by atoms with Gasteiger partial charge in [-0.25, -0.2) is 0 Å². The van der Waals surface area contributed by atoms with Crippen LogP contribution in [0.1, 0.15) is 5.82 Å². The quantitative estimate of drug-likeness (QED) is 0.779. The van der Waals surface area contributed by atoms with Crippen LogP contribution < -0.4 is 11.3 Å². The number of pyridine rings is 1. The monoisotopic (exact) mass is 279 g/mol. The number of thioether (sulfide) groups is 1. The van der Waals surface area contributed by atoms with Gasteiger partial charge in [0.05, 0.1) is 0 Å². The summed E-state index contributed by atoms with van der Waals surface area (Å²) in [6, 6.07) is 5.16. The second-order valence-corrected chi connectivity index (χ2v) is 5.11. The van der Waals surface area contributed by atoms with Gasteiger partial charge in [0, 0.05) is 37.7 Å². The van der Waals surface area contributed by atoms with Crippen molar-refractivity contribution >= 4 is 11.8 Å². The fourth-order valence-corrected chi connectivity index (χ4v) is 2.68. The standard InChI is InChI=1S/C12H17N5OS/c1-10-14-15-12(17(10)7-5-13)19-9-8-16-6-3-2-4-11(16)18/h2-4,6H,5,7-9,13H2,1H3. The first-order chi connectivity index (χ1) is 9.22. The van der Waals surface area contributed by atoms with Gasteiger partial charge in [0.2, 0.25) is 0 Å². The Balaban J connectivity index is 1.96. The molecule has 6 nitrogen and oxygen atoms in total. The van der Waals surface area contributed by atoms with Crippen LogP contribution in [-0.4, -0.2) is 31.6 Å². The highest BCUT2D eigenvalue weighted by Crippen LogP contribution is 2.16. The molecule has 0 fully saturated rings. The first-order valence-corrected chi connectivity index (χ1v) is 7.09. The van der Waals surface area contributed by atoms with Crippen LogP contribution in [0.3, 0.4) is 0 Å². The molecule has 2 aromatic heterocycles. The van der Waals surface area contributed by atoms with Gasteiger partial charge in [0.1, 0.15) is 5.82 Å². The van der Waals surface area contributed by atoms with E-state index in [1.165, 1.54) is 0 Å². The Morgan fingerprint density at radius 3 is 2.89 bits per heavy atom. The Morgan fingerprint density at radius 2 is 2.16 bits per heavy atom. The Hall–Kier alpha value is -1.60. The summed E-state index contributed by atoms with van der Waals surface area (Å²) < 4.78 is 3.68. The lowest BCUT2D eigenvalue weighted by Crippen LogP contribution is -2.19. The average molecular weight is 279 g/mol. The molecule has 0 aliphatic heterocycles. The Bertz CT molecular complexity index is 592. The molecule has 0 spiro atoms. The van der Waals surface area contributed by atoms with E-state index in [1.54, 1.807) is 34.7 Å². The molecular weight excluding hydrogens is 262 g/mol. The van der Waals surface area contributed by atoms with Crippen molar-refractivity contribution < 1.29 is 0 Å². The summed E-state index contributed by atoms with van der Waals surface area (Å²) in [7, 11) is 0. The number of hydrogen-bond donors (Lipinski definition) is 1. The van der Waals surface area contributed by atoms with E-state index < -0.39 is 0 Å².